The zero-order valence-electron chi connectivity index (χ0n) is 20.1. The second-order valence-corrected chi connectivity index (χ2v) is 11.7. The maximum absolute atomic E-state index is 14.0. The number of furan rings is 1. The van der Waals surface area contributed by atoms with Gasteiger partial charge in [-0.1, -0.05) is 22.9 Å². The lowest BCUT2D eigenvalue weighted by Gasteiger charge is -2.28. The van der Waals surface area contributed by atoms with Gasteiger partial charge < -0.3 is 13.9 Å². The fourth-order valence-corrected chi connectivity index (χ4v) is 7.27. The van der Waals surface area contributed by atoms with Crippen LogP contribution in [0.4, 0.5) is 5.13 Å². The Bertz CT molecular complexity index is 1520. The van der Waals surface area contributed by atoms with Crippen LogP contribution in [0.2, 0.25) is 5.02 Å². The number of nitrogens with zero attached hydrogens (tertiary/aromatic N) is 3. The van der Waals surface area contributed by atoms with E-state index in [1.54, 1.807) is 36.4 Å². The molecule has 4 aromatic rings. The van der Waals surface area contributed by atoms with Crippen LogP contribution in [0, 0.1) is 0 Å². The molecule has 0 aliphatic carbocycles. The SMILES string of the molecule is COc1ccc(S(=O)(=O)N2CCCC2C(=O)N(Cc2ccco2)c2nc3c(OC)ccc(Cl)c3s2)cc1. The number of carbonyl (C=O) groups is 1. The van der Waals surface area contributed by atoms with Gasteiger partial charge in [0.15, 0.2) is 5.13 Å². The summed E-state index contributed by atoms with van der Waals surface area (Å²) in [4.78, 5) is 20.3. The summed E-state index contributed by atoms with van der Waals surface area (Å²) in [6, 6.07) is 12.1. The molecule has 0 N–H and O–H groups in total. The maximum Gasteiger partial charge on any atom is 0.247 e. The quantitative estimate of drug-likeness (QED) is 0.300. The number of thiazole rings is 1. The van der Waals surface area contributed by atoms with E-state index in [1.807, 2.05) is 0 Å². The molecule has 1 unspecified atom stereocenters. The number of fused-ring (bicyclic) bond motifs is 1. The molecule has 1 amide bonds. The van der Waals surface area contributed by atoms with Crippen LogP contribution in [0.25, 0.3) is 10.2 Å². The highest BCUT2D eigenvalue weighted by atomic mass is 35.5. The summed E-state index contributed by atoms with van der Waals surface area (Å²) in [5.74, 6) is 1.22. The van der Waals surface area contributed by atoms with Crippen molar-refractivity contribution in [1.29, 1.82) is 0 Å². The largest absolute Gasteiger partial charge is 0.497 e. The number of hydrogen-bond donors (Lipinski definition) is 0. The van der Waals surface area contributed by atoms with Gasteiger partial charge in [0.25, 0.3) is 0 Å². The van der Waals surface area contributed by atoms with Crippen molar-refractivity contribution in [2.45, 2.75) is 30.3 Å². The molecular formula is C25H24ClN3O6S2. The van der Waals surface area contributed by atoms with Crippen LogP contribution in [0.15, 0.2) is 64.1 Å². The lowest BCUT2D eigenvalue weighted by molar-refractivity contribution is -0.121. The molecule has 5 rings (SSSR count). The monoisotopic (exact) mass is 561 g/mol. The number of rotatable bonds is 8. The molecule has 0 radical (unpaired) electrons. The van der Waals surface area contributed by atoms with Gasteiger partial charge >= 0.3 is 0 Å². The van der Waals surface area contributed by atoms with Gasteiger partial charge in [-0.25, -0.2) is 13.4 Å². The lowest BCUT2D eigenvalue weighted by Crippen LogP contribution is -2.47. The summed E-state index contributed by atoms with van der Waals surface area (Å²) in [7, 11) is -0.882. The van der Waals surface area contributed by atoms with Crippen molar-refractivity contribution < 1.29 is 27.1 Å². The minimum absolute atomic E-state index is 0.0819. The summed E-state index contributed by atoms with van der Waals surface area (Å²) in [6.45, 7) is 0.317. The van der Waals surface area contributed by atoms with Gasteiger partial charge in [0.2, 0.25) is 15.9 Å². The third-order valence-corrected chi connectivity index (χ3v) is 9.67. The van der Waals surface area contributed by atoms with E-state index in [0.29, 0.717) is 50.5 Å². The van der Waals surface area contributed by atoms with E-state index in [0.717, 1.165) is 0 Å². The Morgan fingerprint density at radius 1 is 1.19 bits per heavy atom. The van der Waals surface area contributed by atoms with Crippen LogP contribution in [-0.4, -0.2) is 50.4 Å². The molecule has 1 fully saturated rings. The molecule has 9 nitrogen and oxygen atoms in total. The molecule has 12 heteroatoms. The van der Waals surface area contributed by atoms with Crippen molar-refractivity contribution in [3.05, 3.63) is 65.6 Å². The van der Waals surface area contributed by atoms with Crippen molar-refractivity contribution in [1.82, 2.24) is 9.29 Å². The summed E-state index contributed by atoms with van der Waals surface area (Å²) < 4.78 is 45.1. The predicted molar refractivity (Wildman–Crippen MR) is 141 cm³/mol. The minimum Gasteiger partial charge on any atom is -0.497 e. The fraction of sp³-hybridized carbons (Fsp3) is 0.280. The molecule has 2 aromatic heterocycles. The molecule has 1 aliphatic rings. The molecule has 3 heterocycles. The number of carbonyl (C=O) groups excluding carboxylic acids is 1. The third-order valence-electron chi connectivity index (χ3n) is 6.21. The fourth-order valence-electron chi connectivity index (χ4n) is 4.36. The number of ether oxygens (including phenoxy) is 2. The Kier molecular flexibility index (Phi) is 7.13. The normalized spacial score (nSPS) is 16.2. The topological polar surface area (TPSA) is 102 Å². The van der Waals surface area contributed by atoms with Gasteiger partial charge in [-0.05, 0) is 61.4 Å². The number of anilines is 1. The highest BCUT2D eigenvalue weighted by molar-refractivity contribution is 7.89. The zero-order chi connectivity index (χ0) is 26.2. The Morgan fingerprint density at radius 3 is 2.65 bits per heavy atom. The third kappa shape index (κ3) is 4.79. The van der Waals surface area contributed by atoms with Crippen molar-refractivity contribution in [3.8, 4) is 11.5 Å². The van der Waals surface area contributed by atoms with Crippen LogP contribution in [0.5, 0.6) is 11.5 Å². The Labute approximate surface area is 223 Å². The van der Waals surface area contributed by atoms with Crippen LogP contribution >= 0.6 is 22.9 Å². The minimum atomic E-state index is -3.93. The van der Waals surface area contributed by atoms with E-state index in [1.165, 1.54) is 53.2 Å². The van der Waals surface area contributed by atoms with E-state index in [-0.39, 0.29) is 23.9 Å². The van der Waals surface area contributed by atoms with Crippen molar-refractivity contribution >= 4 is 54.2 Å². The molecule has 37 heavy (non-hydrogen) atoms. The van der Waals surface area contributed by atoms with E-state index >= 15 is 0 Å². The molecule has 1 aliphatic heterocycles. The molecule has 2 aromatic carbocycles. The number of amides is 1. The number of sulfonamides is 1. The average Bonchev–Trinajstić information content (AvgIpc) is 3.68. The number of hydrogen-bond acceptors (Lipinski definition) is 8. The van der Waals surface area contributed by atoms with Crippen LogP contribution in [0.1, 0.15) is 18.6 Å². The highest BCUT2D eigenvalue weighted by Gasteiger charge is 2.42. The van der Waals surface area contributed by atoms with Crippen LogP contribution < -0.4 is 14.4 Å². The van der Waals surface area contributed by atoms with E-state index < -0.39 is 16.1 Å². The predicted octanol–water partition coefficient (Wildman–Crippen LogP) is 4.95. The number of methoxy groups -OCH3 is 2. The van der Waals surface area contributed by atoms with Gasteiger partial charge in [0.05, 0.1) is 41.6 Å². The van der Waals surface area contributed by atoms with E-state index in [9.17, 15) is 13.2 Å². The number of aromatic nitrogens is 1. The first-order chi connectivity index (χ1) is 17.8. The van der Waals surface area contributed by atoms with E-state index in [4.69, 9.17) is 25.5 Å². The Hall–Kier alpha value is -3.12. The zero-order valence-corrected chi connectivity index (χ0v) is 22.5. The molecule has 1 saturated heterocycles. The van der Waals surface area contributed by atoms with Crippen molar-refractivity contribution in [2.24, 2.45) is 0 Å². The van der Waals surface area contributed by atoms with Crippen molar-refractivity contribution in [2.75, 3.05) is 25.7 Å². The summed E-state index contributed by atoms with van der Waals surface area (Å²) >= 11 is 7.66. The average molecular weight is 562 g/mol. The van der Waals surface area contributed by atoms with Crippen LogP contribution in [0.3, 0.4) is 0 Å². The molecular weight excluding hydrogens is 538 g/mol. The molecule has 0 spiro atoms. The summed E-state index contributed by atoms with van der Waals surface area (Å²) in [5, 5.41) is 0.853. The Morgan fingerprint density at radius 2 is 1.97 bits per heavy atom. The highest BCUT2D eigenvalue weighted by Crippen LogP contribution is 2.40. The van der Waals surface area contributed by atoms with Gasteiger partial charge in [0.1, 0.15) is 28.8 Å². The van der Waals surface area contributed by atoms with Gasteiger partial charge in [-0.3, -0.25) is 9.69 Å². The number of benzene rings is 2. The molecule has 0 bridgehead atoms. The van der Waals surface area contributed by atoms with Gasteiger partial charge in [-0.2, -0.15) is 4.31 Å². The molecule has 0 saturated carbocycles. The maximum atomic E-state index is 14.0. The number of halogens is 1. The molecule has 194 valence electrons. The van der Waals surface area contributed by atoms with E-state index in [2.05, 4.69) is 4.98 Å². The molecule has 1 atom stereocenters. The van der Waals surface area contributed by atoms with Gasteiger partial charge in [-0.15, -0.1) is 0 Å². The van der Waals surface area contributed by atoms with Crippen LogP contribution in [-0.2, 0) is 21.4 Å². The standard InChI is InChI=1S/C25H24ClN3O6S2/c1-33-16-7-9-18(10-8-16)37(31,32)29-13-3-6-20(29)24(30)28(15-17-5-4-14-35-17)25-27-22-21(34-2)12-11-19(26)23(22)36-25/h4-5,7-12,14,20H,3,6,13,15H2,1-2H3. The lowest BCUT2D eigenvalue weighted by atomic mass is 10.2. The first-order valence-electron chi connectivity index (χ1n) is 11.5. The smallest absolute Gasteiger partial charge is 0.247 e. The van der Waals surface area contributed by atoms with Gasteiger partial charge in [0, 0.05) is 6.54 Å². The summed E-state index contributed by atoms with van der Waals surface area (Å²) in [6.07, 6.45) is 2.46. The van der Waals surface area contributed by atoms with Crippen molar-refractivity contribution in [3.63, 3.8) is 0 Å². The Balaban J connectivity index is 1.53. The second-order valence-electron chi connectivity index (χ2n) is 8.38. The summed E-state index contributed by atoms with van der Waals surface area (Å²) in [5.41, 5.74) is 0.529. The first kappa shape index (κ1) is 25.5. The first-order valence-corrected chi connectivity index (χ1v) is 14.1. The second kappa shape index (κ2) is 10.3.